The topological polar surface area (TPSA) is 78.0 Å². The molecule has 0 saturated heterocycles. The van der Waals surface area contributed by atoms with Crippen LogP contribution in [-0.4, -0.2) is 27.8 Å². The van der Waals surface area contributed by atoms with Crippen LogP contribution in [0.3, 0.4) is 0 Å². The number of hydrogen-bond acceptors (Lipinski definition) is 4. The Morgan fingerprint density at radius 3 is 3.00 bits per heavy atom. The van der Waals surface area contributed by atoms with Gasteiger partial charge >= 0.3 is 0 Å². The molecule has 0 saturated carbocycles. The molecule has 0 radical (unpaired) electrons. The molecule has 2 rings (SSSR count). The number of aromatic nitrogens is 2. The number of rotatable bonds is 4. The Balaban J connectivity index is 2.02. The first-order valence-corrected chi connectivity index (χ1v) is 7.40. The fourth-order valence-electron chi connectivity index (χ4n) is 1.73. The molecule has 2 aromatic rings. The minimum absolute atomic E-state index is 0.0504. The van der Waals surface area contributed by atoms with Gasteiger partial charge in [0.15, 0.2) is 0 Å². The minimum Gasteiger partial charge on any atom is -0.395 e. The summed E-state index contributed by atoms with van der Waals surface area (Å²) in [6, 6.07) is 1.84. The second-order valence-electron chi connectivity index (χ2n) is 4.60. The predicted octanol–water partition coefficient (Wildman–Crippen LogP) is 1.75. The second kappa shape index (κ2) is 7.07. The fraction of sp³-hybridized carbons (Fsp3) is 0.333. The highest BCUT2D eigenvalue weighted by Crippen LogP contribution is 2.21. The molecule has 2 aromatic heterocycles. The minimum atomic E-state index is -0.112. The summed E-state index contributed by atoms with van der Waals surface area (Å²) >= 11 is 1.37. The van der Waals surface area contributed by atoms with Gasteiger partial charge in [-0.2, -0.15) is 5.10 Å². The van der Waals surface area contributed by atoms with Gasteiger partial charge in [-0.05, 0) is 25.5 Å². The Bertz CT molecular complexity index is 691. The van der Waals surface area contributed by atoms with E-state index in [4.69, 9.17) is 5.11 Å². The van der Waals surface area contributed by atoms with Crippen LogP contribution >= 0.6 is 11.3 Å². The van der Waals surface area contributed by atoms with Gasteiger partial charge in [-0.15, -0.1) is 11.3 Å². The van der Waals surface area contributed by atoms with Gasteiger partial charge in [0.1, 0.15) is 0 Å². The zero-order valence-corrected chi connectivity index (χ0v) is 12.8. The normalized spacial score (nSPS) is 10.0. The number of carbonyl (C=O) groups is 1. The summed E-state index contributed by atoms with van der Waals surface area (Å²) in [6.45, 7) is 4.34. The van der Waals surface area contributed by atoms with Crippen LogP contribution in [0.2, 0.25) is 0 Å². The van der Waals surface area contributed by atoms with Gasteiger partial charge in [-0.25, -0.2) is 0 Å². The lowest BCUT2D eigenvalue weighted by Gasteiger charge is -2.01. The molecular formula is C15H17N3O2S. The predicted molar refractivity (Wildman–Crippen MR) is 82.1 cm³/mol. The number of thiophene rings is 1. The van der Waals surface area contributed by atoms with E-state index in [1.807, 2.05) is 19.9 Å². The molecule has 1 amide bonds. The Kier molecular flexibility index (Phi) is 5.14. The van der Waals surface area contributed by atoms with Crippen LogP contribution in [0.25, 0.3) is 0 Å². The van der Waals surface area contributed by atoms with Crippen molar-refractivity contribution in [1.82, 2.24) is 15.5 Å². The van der Waals surface area contributed by atoms with Crippen LogP contribution in [0.4, 0.5) is 0 Å². The largest absolute Gasteiger partial charge is 0.395 e. The van der Waals surface area contributed by atoms with E-state index >= 15 is 0 Å². The van der Waals surface area contributed by atoms with Crippen molar-refractivity contribution < 1.29 is 9.90 Å². The standard InChI is InChI=1S/C15H17N3O2S/c1-10-7-14(21-13(10)5-3-4-6-19)15(20)16-8-12-9-17-18-11(12)2/h7,9,19H,4,6,8H2,1-2H3,(H,16,20)(H,17,18). The number of aliphatic hydroxyl groups is 1. The molecule has 0 bridgehead atoms. The molecule has 5 nitrogen and oxygen atoms in total. The Morgan fingerprint density at radius 2 is 2.33 bits per heavy atom. The van der Waals surface area contributed by atoms with E-state index in [0.717, 1.165) is 21.7 Å². The number of amides is 1. The maximum absolute atomic E-state index is 12.1. The molecule has 3 N–H and O–H groups in total. The van der Waals surface area contributed by atoms with E-state index in [1.54, 1.807) is 6.20 Å². The van der Waals surface area contributed by atoms with Gasteiger partial charge in [0.05, 0.1) is 22.6 Å². The maximum Gasteiger partial charge on any atom is 0.261 e. The SMILES string of the molecule is Cc1cc(C(=O)NCc2cn[nH]c2C)sc1C#CCCO. The van der Waals surface area contributed by atoms with Crippen molar-refractivity contribution in [3.05, 3.63) is 38.8 Å². The van der Waals surface area contributed by atoms with Crippen molar-refractivity contribution in [3.8, 4) is 11.8 Å². The molecule has 0 aliphatic rings. The Morgan fingerprint density at radius 1 is 1.52 bits per heavy atom. The summed E-state index contributed by atoms with van der Waals surface area (Å²) in [7, 11) is 0. The third-order valence-electron chi connectivity index (χ3n) is 2.95. The molecule has 0 aliphatic carbocycles. The highest BCUT2D eigenvalue weighted by Gasteiger charge is 2.12. The number of nitrogens with zero attached hydrogens (tertiary/aromatic N) is 1. The van der Waals surface area contributed by atoms with Gasteiger partial charge in [0, 0.05) is 24.2 Å². The lowest BCUT2D eigenvalue weighted by atomic mass is 10.2. The quantitative estimate of drug-likeness (QED) is 0.753. The van der Waals surface area contributed by atoms with Gasteiger partial charge in [-0.3, -0.25) is 9.89 Å². The maximum atomic E-state index is 12.1. The highest BCUT2D eigenvalue weighted by molar-refractivity contribution is 7.14. The molecule has 0 atom stereocenters. The second-order valence-corrected chi connectivity index (χ2v) is 5.65. The van der Waals surface area contributed by atoms with Crippen molar-refractivity contribution in [2.75, 3.05) is 6.61 Å². The molecule has 0 unspecified atom stereocenters. The monoisotopic (exact) mass is 303 g/mol. The van der Waals surface area contributed by atoms with Crippen molar-refractivity contribution in [2.45, 2.75) is 26.8 Å². The van der Waals surface area contributed by atoms with Gasteiger partial charge in [-0.1, -0.05) is 11.8 Å². The third-order valence-corrected chi connectivity index (χ3v) is 4.11. The smallest absolute Gasteiger partial charge is 0.261 e. The van der Waals surface area contributed by atoms with Gasteiger partial charge in [0.25, 0.3) is 5.91 Å². The molecule has 110 valence electrons. The molecule has 0 spiro atoms. The number of H-pyrrole nitrogens is 1. The molecule has 2 heterocycles. The lowest BCUT2D eigenvalue weighted by Crippen LogP contribution is -2.21. The van der Waals surface area contributed by atoms with Crippen LogP contribution < -0.4 is 5.32 Å². The number of aliphatic hydroxyl groups excluding tert-OH is 1. The molecule has 21 heavy (non-hydrogen) atoms. The molecule has 0 aromatic carbocycles. The Labute approximate surface area is 127 Å². The van der Waals surface area contributed by atoms with E-state index in [9.17, 15) is 4.79 Å². The summed E-state index contributed by atoms with van der Waals surface area (Å²) < 4.78 is 0. The highest BCUT2D eigenvalue weighted by atomic mass is 32.1. The average Bonchev–Trinajstić information content (AvgIpc) is 3.03. The number of hydrogen-bond donors (Lipinski definition) is 3. The molecule has 6 heteroatoms. The zero-order chi connectivity index (χ0) is 15.2. The first-order chi connectivity index (χ1) is 10.1. The number of nitrogens with one attached hydrogen (secondary N) is 2. The lowest BCUT2D eigenvalue weighted by molar-refractivity contribution is 0.0955. The summed E-state index contributed by atoms with van der Waals surface area (Å²) in [5.41, 5.74) is 2.91. The van der Waals surface area contributed by atoms with E-state index in [-0.39, 0.29) is 12.5 Å². The van der Waals surface area contributed by atoms with E-state index < -0.39 is 0 Å². The van der Waals surface area contributed by atoms with Crippen molar-refractivity contribution in [2.24, 2.45) is 0 Å². The molecule has 0 aliphatic heterocycles. The molecular weight excluding hydrogens is 286 g/mol. The zero-order valence-electron chi connectivity index (χ0n) is 12.0. The number of aromatic amines is 1. The van der Waals surface area contributed by atoms with E-state index in [1.165, 1.54) is 11.3 Å². The molecule has 0 fully saturated rings. The summed E-state index contributed by atoms with van der Waals surface area (Å²) in [5, 5.41) is 18.3. The van der Waals surface area contributed by atoms with Gasteiger partial charge in [0.2, 0.25) is 0 Å². The van der Waals surface area contributed by atoms with E-state index in [0.29, 0.717) is 17.8 Å². The first kappa shape index (κ1) is 15.3. The summed E-state index contributed by atoms with van der Waals surface area (Å²) in [4.78, 5) is 13.6. The van der Waals surface area contributed by atoms with Crippen LogP contribution in [0.15, 0.2) is 12.3 Å². The van der Waals surface area contributed by atoms with Crippen LogP contribution in [0.5, 0.6) is 0 Å². The van der Waals surface area contributed by atoms with Crippen molar-refractivity contribution in [1.29, 1.82) is 0 Å². The van der Waals surface area contributed by atoms with Gasteiger partial charge < -0.3 is 10.4 Å². The fourth-order valence-corrected chi connectivity index (χ4v) is 2.70. The van der Waals surface area contributed by atoms with Crippen LogP contribution in [-0.2, 0) is 6.54 Å². The van der Waals surface area contributed by atoms with Crippen LogP contribution in [0.1, 0.15) is 37.8 Å². The number of carbonyl (C=O) groups excluding carboxylic acids is 1. The summed E-state index contributed by atoms with van der Waals surface area (Å²) in [5.74, 6) is 5.74. The third kappa shape index (κ3) is 3.94. The Hall–Kier alpha value is -2.10. The summed E-state index contributed by atoms with van der Waals surface area (Å²) in [6.07, 6.45) is 2.15. The van der Waals surface area contributed by atoms with Crippen molar-refractivity contribution >= 4 is 17.2 Å². The average molecular weight is 303 g/mol. The van der Waals surface area contributed by atoms with Crippen LogP contribution in [0, 0.1) is 25.7 Å². The first-order valence-electron chi connectivity index (χ1n) is 6.59. The van der Waals surface area contributed by atoms with Crippen molar-refractivity contribution in [3.63, 3.8) is 0 Å². The van der Waals surface area contributed by atoms with E-state index in [2.05, 4.69) is 27.4 Å². The number of aryl methyl sites for hydroxylation is 2.